The topological polar surface area (TPSA) is 86.9 Å². The van der Waals surface area contributed by atoms with Crippen LogP contribution < -0.4 is 10.0 Å². The number of nitrogens with zero attached hydrogens (tertiary/aromatic N) is 1. The maximum absolute atomic E-state index is 12.1. The van der Waals surface area contributed by atoms with Crippen molar-refractivity contribution in [3.8, 4) is 0 Å². The zero-order valence-electron chi connectivity index (χ0n) is 11.9. The van der Waals surface area contributed by atoms with E-state index in [0.717, 1.165) is 19.3 Å². The van der Waals surface area contributed by atoms with E-state index < -0.39 is 10.0 Å². The van der Waals surface area contributed by atoms with Gasteiger partial charge in [0.05, 0.1) is 6.20 Å². The van der Waals surface area contributed by atoms with Crippen molar-refractivity contribution in [1.82, 2.24) is 20.2 Å². The van der Waals surface area contributed by atoms with Crippen LogP contribution in [0.1, 0.15) is 45.6 Å². The van der Waals surface area contributed by atoms with Gasteiger partial charge in [0.1, 0.15) is 0 Å². The summed E-state index contributed by atoms with van der Waals surface area (Å²) in [6.45, 7) is 7.05. The minimum Gasteiger partial charge on any atom is -0.310 e. The lowest BCUT2D eigenvalue weighted by Gasteiger charge is -2.09. The Bertz CT molecular complexity index is 468. The summed E-state index contributed by atoms with van der Waals surface area (Å²) < 4.78 is 26.8. The van der Waals surface area contributed by atoms with E-state index in [1.807, 2.05) is 13.8 Å². The Hall–Kier alpha value is -0.920. The second kappa shape index (κ2) is 7.62. The summed E-state index contributed by atoms with van der Waals surface area (Å²) in [5.74, 6) is 0. The van der Waals surface area contributed by atoms with Crippen molar-refractivity contribution in [2.24, 2.45) is 0 Å². The predicted molar refractivity (Wildman–Crippen MR) is 75.3 cm³/mol. The third-order valence-electron chi connectivity index (χ3n) is 2.72. The number of hydrogen-bond acceptors (Lipinski definition) is 4. The Morgan fingerprint density at radius 1 is 1.37 bits per heavy atom. The van der Waals surface area contributed by atoms with E-state index >= 15 is 0 Å². The number of aromatic nitrogens is 2. The van der Waals surface area contributed by atoms with Gasteiger partial charge in [-0.05, 0) is 6.42 Å². The van der Waals surface area contributed by atoms with Crippen molar-refractivity contribution < 1.29 is 8.42 Å². The van der Waals surface area contributed by atoms with Crippen molar-refractivity contribution in [2.75, 3.05) is 6.54 Å². The van der Waals surface area contributed by atoms with Gasteiger partial charge in [-0.15, -0.1) is 0 Å². The van der Waals surface area contributed by atoms with Crippen LogP contribution in [0, 0.1) is 0 Å². The van der Waals surface area contributed by atoms with Gasteiger partial charge in [-0.3, -0.25) is 5.10 Å². The van der Waals surface area contributed by atoms with Crippen LogP contribution in [-0.4, -0.2) is 31.2 Å². The second-order valence-corrected chi connectivity index (χ2v) is 6.57. The number of unbranched alkanes of at least 4 members (excludes halogenated alkanes) is 2. The molecule has 0 bridgehead atoms. The molecule has 0 saturated heterocycles. The average Bonchev–Trinajstić information content (AvgIpc) is 2.81. The van der Waals surface area contributed by atoms with Crippen LogP contribution in [-0.2, 0) is 16.6 Å². The normalized spacial score (nSPS) is 12.2. The highest BCUT2D eigenvalue weighted by Crippen LogP contribution is 2.11. The van der Waals surface area contributed by atoms with E-state index in [2.05, 4.69) is 27.2 Å². The van der Waals surface area contributed by atoms with Crippen LogP contribution >= 0.6 is 0 Å². The van der Waals surface area contributed by atoms with Gasteiger partial charge in [-0.25, -0.2) is 13.1 Å². The molecule has 1 rings (SSSR count). The third-order valence-corrected chi connectivity index (χ3v) is 4.20. The molecule has 19 heavy (non-hydrogen) atoms. The zero-order valence-corrected chi connectivity index (χ0v) is 12.7. The van der Waals surface area contributed by atoms with Crippen LogP contribution in [0.4, 0.5) is 0 Å². The van der Waals surface area contributed by atoms with Crippen LogP contribution in [0.2, 0.25) is 0 Å². The third kappa shape index (κ3) is 5.30. The molecule has 0 amide bonds. The lowest BCUT2D eigenvalue weighted by molar-refractivity contribution is 0.561. The molecule has 6 nitrogen and oxygen atoms in total. The molecule has 0 saturated carbocycles. The minimum absolute atomic E-state index is 0.164. The summed E-state index contributed by atoms with van der Waals surface area (Å²) in [5.41, 5.74) is 0.664. The lowest BCUT2D eigenvalue weighted by Crippen LogP contribution is -2.28. The molecular weight excluding hydrogens is 264 g/mol. The molecule has 0 aliphatic carbocycles. The molecule has 0 aromatic carbocycles. The molecule has 0 spiro atoms. The predicted octanol–water partition coefficient (Wildman–Crippen LogP) is 1.38. The van der Waals surface area contributed by atoms with E-state index in [9.17, 15) is 8.42 Å². The van der Waals surface area contributed by atoms with E-state index in [1.54, 1.807) is 6.20 Å². The number of rotatable bonds is 9. The average molecular weight is 288 g/mol. The smallest absolute Gasteiger partial charge is 0.257 e. The van der Waals surface area contributed by atoms with Gasteiger partial charge < -0.3 is 5.32 Å². The molecule has 1 heterocycles. The Morgan fingerprint density at radius 2 is 2.11 bits per heavy atom. The summed E-state index contributed by atoms with van der Waals surface area (Å²) >= 11 is 0. The largest absolute Gasteiger partial charge is 0.310 e. The number of sulfonamides is 1. The molecule has 0 aliphatic rings. The molecule has 1 aromatic rings. The number of nitrogens with one attached hydrogen (secondary N) is 3. The first-order valence-corrected chi connectivity index (χ1v) is 8.21. The first-order chi connectivity index (χ1) is 8.97. The molecule has 0 atom stereocenters. The van der Waals surface area contributed by atoms with E-state index in [0.29, 0.717) is 24.7 Å². The molecule has 7 heteroatoms. The number of hydrogen-bond donors (Lipinski definition) is 3. The summed E-state index contributed by atoms with van der Waals surface area (Å²) in [6.07, 6.45) is 4.49. The van der Waals surface area contributed by atoms with Crippen molar-refractivity contribution in [3.05, 3.63) is 11.8 Å². The van der Waals surface area contributed by atoms with Gasteiger partial charge in [0, 0.05) is 24.7 Å². The molecule has 0 radical (unpaired) electrons. The minimum atomic E-state index is -3.48. The SMILES string of the molecule is CCCCCNS(=O)(=O)c1[nH]ncc1CNC(C)C. The van der Waals surface area contributed by atoms with E-state index in [4.69, 9.17) is 0 Å². The van der Waals surface area contributed by atoms with E-state index in [-0.39, 0.29) is 5.03 Å². The van der Waals surface area contributed by atoms with Gasteiger partial charge in [-0.2, -0.15) is 5.10 Å². The second-order valence-electron chi connectivity index (χ2n) is 4.86. The van der Waals surface area contributed by atoms with Crippen LogP contribution in [0.25, 0.3) is 0 Å². The molecule has 0 fully saturated rings. The molecule has 1 aromatic heterocycles. The standard InChI is InChI=1S/C12H24N4O2S/c1-4-5-6-7-15-19(17,18)12-11(9-14-16-12)8-13-10(2)3/h9-10,13,15H,4-8H2,1-3H3,(H,14,16). The Balaban J connectivity index is 2.64. The van der Waals surface area contributed by atoms with Crippen molar-refractivity contribution in [2.45, 2.75) is 57.6 Å². The van der Waals surface area contributed by atoms with Crippen LogP contribution in [0.3, 0.4) is 0 Å². The fraction of sp³-hybridized carbons (Fsp3) is 0.750. The van der Waals surface area contributed by atoms with Crippen molar-refractivity contribution in [3.63, 3.8) is 0 Å². The van der Waals surface area contributed by atoms with Gasteiger partial charge in [0.25, 0.3) is 10.0 Å². The summed E-state index contributed by atoms with van der Waals surface area (Å²) in [4.78, 5) is 0. The first-order valence-electron chi connectivity index (χ1n) is 6.72. The fourth-order valence-corrected chi connectivity index (χ4v) is 2.83. The summed E-state index contributed by atoms with van der Waals surface area (Å²) in [6, 6.07) is 0.294. The van der Waals surface area contributed by atoms with Crippen LogP contribution in [0.15, 0.2) is 11.2 Å². The number of H-pyrrole nitrogens is 1. The van der Waals surface area contributed by atoms with Gasteiger partial charge in [0.2, 0.25) is 0 Å². The molecule has 0 unspecified atom stereocenters. The monoisotopic (exact) mass is 288 g/mol. The molecule has 0 aliphatic heterocycles. The summed E-state index contributed by atoms with van der Waals surface area (Å²) in [7, 11) is -3.48. The molecule has 3 N–H and O–H groups in total. The van der Waals surface area contributed by atoms with Crippen LogP contribution in [0.5, 0.6) is 0 Å². The lowest BCUT2D eigenvalue weighted by atomic mass is 10.3. The first kappa shape index (κ1) is 16.1. The highest BCUT2D eigenvalue weighted by Gasteiger charge is 2.20. The van der Waals surface area contributed by atoms with Gasteiger partial charge >= 0.3 is 0 Å². The number of aromatic amines is 1. The maximum Gasteiger partial charge on any atom is 0.257 e. The quantitative estimate of drug-likeness (QED) is 0.599. The zero-order chi connectivity index (χ0) is 14.3. The highest BCUT2D eigenvalue weighted by molar-refractivity contribution is 7.89. The Labute approximate surface area is 115 Å². The molecule has 110 valence electrons. The van der Waals surface area contributed by atoms with Crippen molar-refractivity contribution in [1.29, 1.82) is 0 Å². The Morgan fingerprint density at radius 3 is 2.74 bits per heavy atom. The van der Waals surface area contributed by atoms with E-state index in [1.165, 1.54) is 0 Å². The molecular formula is C12H24N4O2S. The highest BCUT2D eigenvalue weighted by atomic mass is 32.2. The van der Waals surface area contributed by atoms with Crippen molar-refractivity contribution >= 4 is 10.0 Å². The van der Waals surface area contributed by atoms with Gasteiger partial charge in [0.15, 0.2) is 5.03 Å². The summed E-state index contributed by atoms with van der Waals surface area (Å²) in [5, 5.41) is 9.75. The maximum atomic E-state index is 12.1. The Kier molecular flexibility index (Phi) is 6.47. The van der Waals surface area contributed by atoms with Gasteiger partial charge in [-0.1, -0.05) is 33.6 Å². The fourth-order valence-electron chi connectivity index (χ4n) is 1.63.